The Morgan fingerprint density at radius 1 is 1.14 bits per heavy atom. The Kier molecular flexibility index (Phi) is 6.46. The number of ether oxygens (including phenoxy) is 2. The van der Waals surface area contributed by atoms with Crippen LogP contribution >= 0.6 is 0 Å². The average Bonchev–Trinajstić information content (AvgIpc) is 2.77. The molecule has 0 atom stereocenters. The Hall–Kier alpha value is -3.39. The van der Waals surface area contributed by atoms with Gasteiger partial charge in [-0.25, -0.2) is 4.79 Å². The van der Waals surface area contributed by atoms with Crippen LogP contribution in [-0.2, 0) is 13.1 Å². The van der Waals surface area contributed by atoms with Crippen LogP contribution in [-0.4, -0.2) is 41.7 Å². The number of methoxy groups -OCH3 is 2. The number of carbonyl (C=O) groups excluding carboxylic acids is 1. The van der Waals surface area contributed by atoms with E-state index < -0.39 is 0 Å². The molecule has 8 heteroatoms. The van der Waals surface area contributed by atoms with Crippen molar-refractivity contribution >= 4 is 22.5 Å². The molecule has 8 nitrogen and oxygen atoms in total. The molecule has 2 aromatic heterocycles. The molecule has 2 heterocycles. The van der Waals surface area contributed by atoms with Crippen molar-refractivity contribution in [3.05, 3.63) is 54.1 Å². The van der Waals surface area contributed by atoms with E-state index in [0.29, 0.717) is 36.0 Å². The number of carbonyl (C=O) groups is 1. The Balaban J connectivity index is 1.95. The minimum atomic E-state index is -0.220. The molecule has 0 aliphatic rings. The molecule has 0 bridgehead atoms. The van der Waals surface area contributed by atoms with Crippen molar-refractivity contribution in [2.45, 2.75) is 20.0 Å². The van der Waals surface area contributed by atoms with Crippen molar-refractivity contribution in [1.82, 2.24) is 14.9 Å². The molecule has 0 aliphatic carbocycles. The van der Waals surface area contributed by atoms with Crippen molar-refractivity contribution in [3.63, 3.8) is 0 Å². The molecule has 3 N–H and O–H groups in total. The van der Waals surface area contributed by atoms with Crippen LogP contribution in [0.4, 0.5) is 10.5 Å². The van der Waals surface area contributed by atoms with Crippen LogP contribution in [0.5, 0.6) is 11.5 Å². The van der Waals surface area contributed by atoms with Crippen LogP contribution in [0, 0.1) is 0 Å². The number of nitrogens with zero attached hydrogens (tertiary/aromatic N) is 3. The van der Waals surface area contributed by atoms with E-state index in [1.807, 2.05) is 31.2 Å². The quantitative estimate of drug-likeness (QED) is 0.637. The van der Waals surface area contributed by atoms with Gasteiger partial charge in [-0.1, -0.05) is 0 Å². The number of hydrogen-bond donors (Lipinski definition) is 2. The van der Waals surface area contributed by atoms with Gasteiger partial charge in [-0.15, -0.1) is 0 Å². The third kappa shape index (κ3) is 4.38. The zero-order chi connectivity index (χ0) is 20.8. The van der Waals surface area contributed by atoms with Gasteiger partial charge in [0.15, 0.2) is 11.5 Å². The second-order valence-corrected chi connectivity index (χ2v) is 6.38. The van der Waals surface area contributed by atoms with Gasteiger partial charge in [-0.2, -0.15) is 0 Å². The van der Waals surface area contributed by atoms with Gasteiger partial charge in [0.25, 0.3) is 0 Å². The third-order valence-electron chi connectivity index (χ3n) is 4.70. The molecular weight excluding hydrogens is 370 g/mol. The van der Waals surface area contributed by atoms with Gasteiger partial charge in [0.1, 0.15) is 0 Å². The van der Waals surface area contributed by atoms with Crippen LogP contribution < -0.4 is 20.5 Å². The molecule has 1 aromatic carbocycles. The minimum Gasteiger partial charge on any atom is -0.493 e. The second kappa shape index (κ2) is 9.20. The minimum absolute atomic E-state index is 0.220. The number of benzene rings is 1. The van der Waals surface area contributed by atoms with E-state index in [1.165, 1.54) is 0 Å². The Morgan fingerprint density at radius 3 is 2.38 bits per heavy atom. The SMILES string of the molecule is CCN(Cc1ccncc1)C(=O)Nc1cnc(CN)c2cc(OC)c(OC)cc12. The predicted molar refractivity (Wildman–Crippen MR) is 112 cm³/mol. The zero-order valence-electron chi connectivity index (χ0n) is 16.8. The normalized spacial score (nSPS) is 10.6. The predicted octanol–water partition coefficient (Wildman–Crippen LogP) is 3.16. The monoisotopic (exact) mass is 395 g/mol. The highest BCUT2D eigenvalue weighted by Crippen LogP contribution is 2.36. The molecule has 3 rings (SSSR count). The summed E-state index contributed by atoms with van der Waals surface area (Å²) in [6.45, 7) is 3.23. The van der Waals surface area contributed by atoms with Gasteiger partial charge >= 0.3 is 6.03 Å². The number of fused-ring (bicyclic) bond motifs is 1. The van der Waals surface area contributed by atoms with E-state index in [9.17, 15) is 4.79 Å². The fraction of sp³-hybridized carbons (Fsp3) is 0.286. The smallest absolute Gasteiger partial charge is 0.322 e. The first-order chi connectivity index (χ1) is 14.1. The Bertz CT molecular complexity index is 995. The summed E-state index contributed by atoms with van der Waals surface area (Å²) in [5, 5.41) is 4.56. The lowest BCUT2D eigenvalue weighted by Gasteiger charge is -2.22. The van der Waals surface area contributed by atoms with Gasteiger partial charge in [-0.05, 0) is 36.8 Å². The molecule has 152 valence electrons. The number of urea groups is 1. The van der Waals surface area contributed by atoms with E-state index in [1.54, 1.807) is 37.7 Å². The molecule has 0 saturated carbocycles. The maximum absolute atomic E-state index is 12.9. The molecule has 3 aromatic rings. The van der Waals surface area contributed by atoms with Crippen LogP contribution in [0.2, 0.25) is 0 Å². The molecular formula is C21H25N5O3. The number of rotatable bonds is 7. The van der Waals surface area contributed by atoms with E-state index >= 15 is 0 Å². The van der Waals surface area contributed by atoms with Crippen LogP contribution in [0.3, 0.4) is 0 Å². The number of nitrogens with one attached hydrogen (secondary N) is 1. The lowest BCUT2D eigenvalue weighted by Crippen LogP contribution is -2.34. The lowest BCUT2D eigenvalue weighted by molar-refractivity contribution is 0.212. The summed E-state index contributed by atoms with van der Waals surface area (Å²) in [7, 11) is 3.14. The lowest BCUT2D eigenvalue weighted by atomic mass is 10.1. The highest BCUT2D eigenvalue weighted by molar-refractivity contribution is 6.03. The molecule has 2 amide bonds. The topological polar surface area (TPSA) is 103 Å². The third-order valence-corrected chi connectivity index (χ3v) is 4.70. The number of anilines is 1. The molecule has 29 heavy (non-hydrogen) atoms. The second-order valence-electron chi connectivity index (χ2n) is 6.38. The standard InChI is InChI=1S/C21H25N5O3/c1-4-26(13-14-5-7-23-8-6-14)21(27)25-18-12-24-17(11-22)15-9-19(28-2)20(29-3)10-16(15)18/h5-10,12H,4,11,13,22H2,1-3H3,(H,25,27). The van der Waals surface area contributed by atoms with E-state index in [0.717, 1.165) is 16.3 Å². The molecule has 0 unspecified atom stereocenters. The fourth-order valence-corrected chi connectivity index (χ4v) is 3.11. The highest BCUT2D eigenvalue weighted by atomic mass is 16.5. The van der Waals surface area contributed by atoms with Crippen LogP contribution in [0.15, 0.2) is 42.9 Å². The van der Waals surface area contributed by atoms with Crippen molar-refractivity contribution in [3.8, 4) is 11.5 Å². The van der Waals surface area contributed by atoms with Crippen molar-refractivity contribution in [2.75, 3.05) is 26.1 Å². The summed E-state index contributed by atoms with van der Waals surface area (Å²) in [5.41, 5.74) is 8.15. The number of aromatic nitrogens is 2. The van der Waals surface area contributed by atoms with E-state index in [-0.39, 0.29) is 12.6 Å². The maximum Gasteiger partial charge on any atom is 0.322 e. The fourth-order valence-electron chi connectivity index (χ4n) is 3.11. The summed E-state index contributed by atoms with van der Waals surface area (Å²) in [4.78, 5) is 23.0. The largest absolute Gasteiger partial charge is 0.493 e. The first kappa shape index (κ1) is 20.3. The highest BCUT2D eigenvalue weighted by Gasteiger charge is 2.17. The van der Waals surface area contributed by atoms with Crippen LogP contribution in [0.25, 0.3) is 10.8 Å². The molecule has 0 saturated heterocycles. The number of hydrogen-bond acceptors (Lipinski definition) is 6. The number of pyridine rings is 2. The van der Waals surface area contributed by atoms with Gasteiger partial charge in [0, 0.05) is 42.8 Å². The van der Waals surface area contributed by atoms with Gasteiger partial charge in [-0.3, -0.25) is 9.97 Å². The Morgan fingerprint density at radius 2 is 1.79 bits per heavy atom. The maximum atomic E-state index is 12.9. The van der Waals surface area contributed by atoms with E-state index in [4.69, 9.17) is 15.2 Å². The number of amides is 2. The average molecular weight is 395 g/mol. The summed E-state index contributed by atoms with van der Waals surface area (Å²) in [6.07, 6.45) is 5.04. The summed E-state index contributed by atoms with van der Waals surface area (Å²) in [6, 6.07) is 7.21. The molecule has 0 fully saturated rings. The van der Waals surface area contributed by atoms with Gasteiger partial charge < -0.3 is 25.4 Å². The van der Waals surface area contributed by atoms with Gasteiger partial charge in [0.2, 0.25) is 0 Å². The summed E-state index contributed by atoms with van der Waals surface area (Å²) in [5.74, 6) is 1.14. The van der Waals surface area contributed by atoms with Crippen molar-refractivity contribution in [1.29, 1.82) is 0 Å². The zero-order valence-corrected chi connectivity index (χ0v) is 16.8. The Labute approximate surface area is 169 Å². The summed E-state index contributed by atoms with van der Waals surface area (Å²) >= 11 is 0. The number of nitrogens with two attached hydrogens (primary N) is 1. The molecule has 0 aliphatic heterocycles. The van der Waals surface area contributed by atoms with E-state index in [2.05, 4.69) is 15.3 Å². The summed E-state index contributed by atoms with van der Waals surface area (Å²) < 4.78 is 10.8. The van der Waals surface area contributed by atoms with Crippen molar-refractivity contribution in [2.24, 2.45) is 5.73 Å². The first-order valence-corrected chi connectivity index (χ1v) is 9.29. The first-order valence-electron chi connectivity index (χ1n) is 9.29. The molecule has 0 radical (unpaired) electrons. The van der Waals surface area contributed by atoms with Gasteiger partial charge in [0.05, 0.1) is 31.8 Å². The van der Waals surface area contributed by atoms with Crippen LogP contribution in [0.1, 0.15) is 18.2 Å². The molecule has 0 spiro atoms. The van der Waals surface area contributed by atoms with Crippen molar-refractivity contribution < 1.29 is 14.3 Å².